The number of alkyl carbamates (subject to hydrolysis) is 1. The Balaban J connectivity index is 2.48. The molecule has 0 aromatic heterocycles. The number of phenols is 1. The van der Waals surface area contributed by atoms with Crippen LogP contribution in [0, 0.1) is 0 Å². The zero-order valence-corrected chi connectivity index (χ0v) is 24.2. The predicted molar refractivity (Wildman–Crippen MR) is 152 cm³/mol. The van der Waals surface area contributed by atoms with Crippen LogP contribution in [-0.4, -0.2) is 57.1 Å². The van der Waals surface area contributed by atoms with Gasteiger partial charge in [0.25, 0.3) is 0 Å². The number of hydrogen-bond donors (Lipinski definition) is 3. The fourth-order valence-electron chi connectivity index (χ4n) is 3.91. The molecule has 0 bridgehead atoms. The number of rotatable bonds is 10. The third-order valence-corrected chi connectivity index (χ3v) is 6.23. The standard InChI is InChI=1S/C29H41N3O5S/c1-28(2,3)32(26(35)23(17-18-38-7)31-27(36)37-29(4,5)6)24(21-13-15-22(33)16-14-21)25(34)30-19-20-11-9-8-10-12-20/h8-16,23-24,33H,17-19H2,1-7H3,(H,30,34)(H,31,36). The van der Waals surface area contributed by atoms with Crippen LogP contribution >= 0.6 is 11.8 Å². The van der Waals surface area contributed by atoms with Gasteiger partial charge in [0.05, 0.1) is 0 Å². The Morgan fingerprint density at radius 3 is 2.11 bits per heavy atom. The van der Waals surface area contributed by atoms with Crippen LogP contribution in [0.3, 0.4) is 0 Å². The van der Waals surface area contributed by atoms with Crippen molar-refractivity contribution in [1.82, 2.24) is 15.5 Å². The maximum Gasteiger partial charge on any atom is 0.408 e. The normalized spacial score (nSPS) is 13.2. The first-order valence-electron chi connectivity index (χ1n) is 12.6. The van der Waals surface area contributed by atoms with Crippen LogP contribution in [0.25, 0.3) is 0 Å². The second kappa shape index (κ2) is 13.6. The summed E-state index contributed by atoms with van der Waals surface area (Å²) in [4.78, 5) is 42.1. The minimum absolute atomic E-state index is 0.0512. The summed E-state index contributed by atoms with van der Waals surface area (Å²) in [5, 5.41) is 15.6. The Morgan fingerprint density at radius 1 is 0.974 bits per heavy atom. The van der Waals surface area contributed by atoms with Crippen LogP contribution in [0.2, 0.25) is 0 Å². The van der Waals surface area contributed by atoms with E-state index in [2.05, 4.69) is 10.6 Å². The summed E-state index contributed by atoms with van der Waals surface area (Å²) in [6.07, 6.45) is 1.59. The number of hydrogen-bond acceptors (Lipinski definition) is 6. The minimum atomic E-state index is -1.01. The highest BCUT2D eigenvalue weighted by Crippen LogP contribution is 2.31. The molecule has 0 radical (unpaired) electrons. The Morgan fingerprint density at radius 2 is 1.58 bits per heavy atom. The van der Waals surface area contributed by atoms with Gasteiger partial charge in [-0.15, -0.1) is 0 Å². The van der Waals surface area contributed by atoms with Crippen molar-refractivity contribution in [3.8, 4) is 5.75 Å². The van der Waals surface area contributed by atoms with Gasteiger partial charge in [-0.05, 0) is 83.2 Å². The molecule has 0 fully saturated rings. The molecule has 2 aromatic rings. The van der Waals surface area contributed by atoms with Gasteiger partial charge in [-0.2, -0.15) is 11.8 Å². The van der Waals surface area contributed by atoms with Gasteiger partial charge in [-0.25, -0.2) is 4.79 Å². The lowest BCUT2D eigenvalue weighted by Gasteiger charge is -2.43. The number of nitrogens with zero attached hydrogens (tertiary/aromatic N) is 1. The predicted octanol–water partition coefficient (Wildman–Crippen LogP) is 5.02. The Kier molecular flexibility index (Phi) is 11.1. The number of phenolic OH excluding ortho intramolecular Hbond substituents is 1. The number of thioether (sulfide) groups is 1. The van der Waals surface area contributed by atoms with Crippen molar-refractivity contribution in [2.75, 3.05) is 12.0 Å². The smallest absolute Gasteiger partial charge is 0.408 e. The van der Waals surface area contributed by atoms with Gasteiger partial charge < -0.3 is 25.4 Å². The SMILES string of the molecule is CSCCC(NC(=O)OC(C)(C)C)C(=O)N(C(C(=O)NCc1ccccc1)c1ccc(O)cc1)C(C)(C)C. The highest BCUT2D eigenvalue weighted by Gasteiger charge is 2.41. The number of benzene rings is 2. The molecule has 2 rings (SSSR count). The van der Waals surface area contributed by atoms with Gasteiger partial charge in [0, 0.05) is 12.1 Å². The van der Waals surface area contributed by atoms with E-state index in [0.29, 0.717) is 17.7 Å². The van der Waals surface area contributed by atoms with Crippen molar-refractivity contribution in [2.24, 2.45) is 0 Å². The van der Waals surface area contributed by atoms with E-state index in [1.807, 2.05) is 57.4 Å². The second-order valence-electron chi connectivity index (χ2n) is 11.1. The summed E-state index contributed by atoms with van der Waals surface area (Å²) < 4.78 is 5.42. The van der Waals surface area contributed by atoms with Crippen molar-refractivity contribution in [3.63, 3.8) is 0 Å². The van der Waals surface area contributed by atoms with E-state index in [1.165, 1.54) is 17.0 Å². The average molecular weight is 544 g/mol. The lowest BCUT2D eigenvalue weighted by atomic mass is 9.95. The molecule has 2 unspecified atom stereocenters. The van der Waals surface area contributed by atoms with Gasteiger partial charge in [-0.1, -0.05) is 42.5 Å². The third kappa shape index (κ3) is 9.59. The lowest BCUT2D eigenvalue weighted by Crippen LogP contribution is -2.58. The quantitative estimate of drug-likeness (QED) is 0.388. The maximum absolute atomic E-state index is 14.2. The number of carbonyl (C=O) groups excluding carboxylic acids is 3. The molecular weight excluding hydrogens is 502 g/mol. The molecule has 0 aliphatic carbocycles. The molecule has 3 N–H and O–H groups in total. The summed E-state index contributed by atoms with van der Waals surface area (Å²) in [7, 11) is 0. The van der Waals surface area contributed by atoms with E-state index in [1.54, 1.807) is 44.7 Å². The first-order valence-corrected chi connectivity index (χ1v) is 14.0. The Labute approximate surface area is 230 Å². The van der Waals surface area contributed by atoms with Crippen molar-refractivity contribution < 1.29 is 24.2 Å². The molecule has 0 spiro atoms. The van der Waals surface area contributed by atoms with Gasteiger partial charge in [0.2, 0.25) is 11.8 Å². The molecule has 2 atom stereocenters. The van der Waals surface area contributed by atoms with Crippen LogP contribution in [0.5, 0.6) is 5.75 Å². The van der Waals surface area contributed by atoms with Gasteiger partial charge in [0.15, 0.2) is 0 Å². The number of amides is 3. The van der Waals surface area contributed by atoms with E-state index in [9.17, 15) is 19.5 Å². The van der Waals surface area contributed by atoms with E-state index in [-0.39, 0.29) is 18.2 Å². The highest BCUT2D eigenvalue weighted by atomic mass is 32.2. The average Bonchev–Trinajstić information content (AvgIpc) is 2.82. The fraction of sp³-hybridized carbons (Fsp3) is 0.483. The summed E-state index contributed by atoms with van der Waals surface area (Å²) in [6.45, 7) is 11.1. The van der Waals surface area contributed by atoms with E-state index < -0.39 is 35.2 Å². The van der Waals surface area contributed by atoms with Gasteiger partial charge >= 0.3 is 6.09 Å². The van der Waals surface area contributed by atoms with E-state index >= 15 is 0 Å². The third-order valence-electron chi connectivity index (χ3n) is 5.58. The van der Waals surface area contributed by atoms with Crippen molar-refractivity contribution in [3.05, 3.63) is 65.7 Å². The number of nitrogens with one attached hydrogen (secondary N) is 2. The molecule has 9 heteroatoms. The summed E-state index contributed by atoms with van der Waals surface area (Å²) in [5.41, 5.74) is -0.0649. The van der Waals surface area contributed by atoms with Crippen LogP contribution in [0.4, 0.5) is 4.79 Å². The molecule has 0 aliphatic heterocycles. The monoisotopic (exact) mass is 543 g/mol. The van der Waals surface area contributed by atoms with Crippen molar-refractivity contribution in [1.29, 1.82) is 0 Å². The summed E-state index contributed by atoms with van der Waals surface area (Å²) >= 11 is 1.56. The molecule has 2 aromatic carbocycles. The number of carbonyl (C=O) groups is 3. The largest absolute Gasteiger partial charge is 0.508 e. The first kappa shape index (κ1) is 31.0. The Bertz CT molecular complexity index is 1060. The molecule has 0 saturated carbocycles. The zero-order valence-electron chi connectivity index (χ0n) is 23.4. The molecule has 38 heavy (non-hydrogen) atoms. The van der Waals surface area contributed by atoms with Crippen molar-refractivity contribution >= 4 is 29.7 Å². The second-order valence-corrected chi connectivity index (χ2v) is 12.0. The highest BCUT2D eigenvalue weighted by molar-refractivity contribution is 7.98. The van der Waals surface area contributed by atoms with E-state index in [0.717, 1.165) is 5.56 Å². The lowest BCUT2D eigenvalue weighted by molar-refractivity contribution is -0.148. The molecule has 0 saturated heterocycles. The summed E-state index contributed by atoms with van der Waals surface area (Å²) in [6, 6.07) is 13.8. The Hall–Kier alpha value is -3.20. The van der Waals surface area contributed by atoms with Crippen LogP contribution in [0.15, 0.2) is 54.6 Å². The van der Waals surface area contributed by atoms with Crippen LogP contribution in [-0.2, 0) is 20.9 Å². The van der Waals surface area contributed by atoms with Crippen LogP contribution < -0.4 is 10.6 Å². The fourth-order valence-corrected chi connectivity index (χ4v) is 4.38. The van der Waals surface area contributed by atoms with Gasteiger partial charge in [0.1, 0.15) is 23.4 Å². The summed E-state index contributed by atoms with van der Waals surface area (Å²) in [5.74, 6) is -0.0989. The minimum Gasteiger partial charge on any atom is -0.508 e. The van der Waals surface area contributed by atoms with Gasteiger partial charge in [-0.3, -0.25) is 9.59 Å². The maximum atomic E-state index is 14.2. The molecule has 8 nitrogen and oxygen atoms in total. The van der Waals surface area contributed by atoms with E-state index in [4.69, 9.17) is 4.74 Å². The molecule has 0 aliphatic rings. The molecular formula is C29H41N3O5S. The zero-order chi connectivity index (χ0) is 28.5. The molecule has 0 heterocycles. The van der Waals surface area contributed by atoms with Crippen LogP contribution in [0.1, 0.15) is 65.1 Å². The number of ether oxygens (including phenoxy) is 1. The van der Waals surface area contributed by atoms with Crippen molar-refractivity contribution in [2.45, 2.75) is 77.7 Å². The number of aromatic hydroxyl groups is 1. The topological polar surface area (TPSA) is 108 Å². The first-order chi connectivity index (χ1) is 17.7. The molecule has 3 amide bonds. The molecule has 208 valence electrons.